The number of carboxylic acids is 1. The van der Waals surface area contributed by atoms with E-state index in [1.807, 2.05) is 4.90 Å². The molecule has 2 fully saturated rings. The third-order valence-electron chi connectivity index (χ3n) is 4.28. The molecule has 0 aromatic heterocycles. The molecule has 1 aliphatic carbocycles. The molecule has 0 bridgehead atoms. The predicted molar refractivity (Wildman–Crippen MR) is 71.8 cm³/mol. The zero-order chi connectivity index (χ0) is 13.8. The van der Waals surface area contributed by atoms with Crippen molar-refractivity contribution < 1.29 is 14.7 Å². The highest BCUT2D eigenvalue weighted by atomic mass is 16.4. The van der Waals surface area contributed by atoms with Crippen LogP contribution in [0.2, 0.25) is 0 Å². The van der Waals surface area contributed by atoms with Crippen LogP contribution < -0.4 is 5.32 Å². The van der Waals surface area contributed by atoms with E-state index in [2.05, 4.69) is 12.2 Å². The van der Waals surface area contributed by atoms with E-state index in [-0.39, 0.29) is 24.4 Å². The van der Waals surface area contributed by atoms with Crippen molar-refractivity contribution in [3.05, 3.63) is 0 Å². The van der Waals surface area contributed by atoms with Crippen molar-refractivity contribution in [3.8, 4) is 0 Å². The first kappa shape index (κ1) is 14.3. The van der Waals surface area contributed by atoms with Crippen molar-refractivity contribution in [2.75, 3.05) is 6.54 Å². The highest BCUT2D eigenvalue weighted by molar-refractivity contribution is 5.83. The SMILES string of the molecule is CC1CCN(C2CCCC2)C(=O)C(CCC(=O)O)N1. The normalized spacial score (nSPS) is 29.5. The van der Waals surface area contributed by atoms with Crippen molar-refractivity contribution in [1.29, 1.82) is 0 Å². The Labute approximate surface area is 114 Å². The smallest absolute Gasteiger partial charge is 0.303 e. The van der Waals surface area contributed by atoms with Crippen LogP contribution in [-0.4, -0.2) is 46.6 Å². The van der Waals surface area contributed by atoms with Crippen LogP contribution in [0.15, 0.2) is 0 Å². The van der Waals surface area contributed by atoms with Crippen molar-refractivity contribution in [2.24, 2.45) is 0 Å². The molecule has 0 aromatic rings. The number of nitrogens with zero attached hydrogens (tertiary/aromatic N) is 1. The summed E-state index contributed by atoms with van der Waals surface area (Å²) in [4.78, 5) is 25.3. The molecule has 2 aliphatic rings. The van der Waals surface area contributed by atoms with Gasteiger partial charge in [-0.3, -0.25) is 9.59 Å². The quantitative estimate of drug-likeness (QED) is 0.808. The summed E-state index contributed by atoms with van der Waals surface area (Å²) < 4.78 is 0. The van der Waals surface area contributed by atoms with E-state index >= 15 is 0 Å². The van der Waals surface area contributed by atoms with Gasteiger partial charge in [0.05, 0.1) is 6.04 Å². The number of nitrogens with one attached hydrogen (secondary N) is 1. The molecule has 0 radical (unpaired) electrons. The molecule has 2 atom stereocenters. The number of amides is 1. The summed E-state index contributed by atoms with van der Waals surface area (Å²) in [6.07, 6.45) is 6.01. The van der Waals surface area contributed by atoms with Crippen LogP contribution in [0.4, 0.5) is 0 Å². The summed E-state index contributed by atoms with van der Waals surface area (Å²) in [5.41, 5.74) is 0. The average Bonchev–Trinajstić information content (AvgIpc) is 2.83. The lowest BCUT2D eigenvalue weighted by atomic mass is 10.1. The van der Waals surface area contributed by atoms with E-state index < -0.39 is 5.97 Å². The minimum atomic E-state index is -0.834. The first-order valence-electron chi connectivity index (χ1n) is 7.36. The third-order valence-corrected chi connectivity index (χ3v) is 4.28. The summed E-state index contributed by atoms with van der Waals surface area (Å²) in [5, 5.41) is 12.1. The van der Waals surface area contributed by atoms with E-state index in [4.69, 9.17) is 5.11 Å². The van der Waals surface area contributed by atoms with Gasteiger partial charge in [-0.2, -0.15) is 0 Å². The van der Waals surface area contributed by atoms with E-state index in [0.29, 0.717) is 12.5 Å². The second kappa shape index (κ2) is 6.37. The van der Waals surface area contributed by atoms with Gasteiger partial charge in [0.2, 0.25) is 5.91 Å². The van der Waals surface area contributed by atoms with Crippen molar-refractivity contribution in [1.82, 2.24) is 10.2 Å². The fourth-order valence-corrected chi connectivity index (χ4v) is 3.19. The van der Waals surface area contributed by atoms with E-state index in [0.717, 1.165) is 25.8 Å². The Morgan fingerprint density at radius 3 is 2.68 bits per heavy atom. The Morgan fingerprint density at radius 1 is 1.37 bits per heavy atom. The summed E-state index contributed by atoms with van der Waals surface area (Å²) in [7, 11) is 0. The topological polar surface area (TPSA) is 69.6 Å². The Balaban J connectivity index is 2.03. The molecule has 2 rings (SSSR count). The van der Waals surface area contributed by atoms with Crippen LogP contribution in [0, 0.1) is 0 Å². The Bertz CT molecular complexity index is 340. The van der Waals surface area contributed by atoms with Gasteiger partial charge in [0, 0.05) is 25.0 Å². The fourth-order valence-electron chi connectivity index (χ4n) is 3.19. The van der Waals surface area contributed by atoms with Crippen molar-refractivity contribution in [2.45, 2.75) is 70.0 Å². The van der Waals surface area contributed by atoms with E-state index in [1.54, 1.807) is 0 Å². The molecule has 0 aromatic carbocycles. The molecule has 5 heteroatoms. The number of carbonyl (C=O) groups is 2. The van der Waals surface area contributed by atoms with Gasteiger partial charge in [-0.05, 0) is 32.6 Å². The van der Waals surface area contributed by atoms with Gasteiger partial charge in [0.1, 0.15) is 0 Å². The van der Waals surface area contributed by atoms with Crippen LogP contribution in [0.25, 0.3) is 0 Å². The molecule has 1 saturated heterocycles. The molecule has 5 nitrogen and oxygen atoms in total. The van der Waals surface area contributed by atoms with Crippen LogP contribution in [0.3, 0.4) is 0 Å². The lowest BCUT2D eigenvalue weighted by Gasteiger charge is -2.29. The lowest BCUT2D eigenvalue weighted by molar-refractivity contribution is -0.138. The molecule has 1 aliphatic heterocycles. The van der Waals surface area contributed by atoms with Crippen LogP contribution in [0.1, 0.15) is 51.9 Å². The molecule has 2 unspecified atom stereocenters. The highest BCUT2D eigenvalue weighted by Gasteiger charge is 2.34. The van der Waals surface area contributed by atoms with Crippen LogP contribution in [0.5, 0.6) is 0 Å². The van der Waals surface area contributed by atoms with Crippen molar-refractivity contribution >= 4 is 11.9 Å². The van der Waals surface area contributed by atoms with Gasteiger partial charge in [-0.15, -0.1) is 0 Å². The maximum atomic E-state index is 12.6. The number of aliphatic carboxylic acids is 1. The Hall–Kier alpha value is -1.10. The Kier molecular flexibility index (Phi) is 4.80. The number of hydrogen-bond acceptors (Lipinski definition) is 3. The minimum Gasteiger partial charge on any atom is -0.481 e. The number of hydrogen-bond donors (Lipinski definition) is 2. The van der Waals surface area contributed by atoms with Crippen LogP contribution in [-0.2, 0) is 9.59 Å². The van der Waals surface area contributed by atoms with E-state index in [9.17, 15) is 9.59 Å². The fraction of sp³-hybridized carbons (Fsp3) is 0.857. The second-order valence-corrected chi connectivity index (χ2v) is 5.81. The third kappa shape index (κ3) is 3.69. The maximum absolute atomic E-state index is 12.6. The van der Waals surface area contributed by atoms with Gasteiger partial charge < -0.3 is 15.3 Å². The van der Waals surface area contributed by atoms with Gasteiger partial charge in [-0.25, -0.2) is 0 Å². The second-order valence-electron chi connectivity index (χ2n) is 5.81. The molecule has 19 heavy (non-hydrogen) atoms. The molecule has 1 amide bonds. The number of rotatable bonds is 4. The number of carbonyl (C=O) groups excluding carboxylic acids is 1. The molecule has 2 N–H and O–H groups in total. The summed E-state index contributed by atoms with van der Waals surface area (Å²) in [6.45, 7) is 2.88. The van der Waals surface area contributed by atoms with Gasteiger partial charge in [0.25, 0.3) is 0 Å². The average molecular weight is 268 g/mol. The van der Waals surface area contributed by atoms with Gasteiger partial charge in [0.15, 0.2) is 0 Å². The molecule has 0 spiro atoms. The zero-order valence-corrected chi connectivity index (χ0v) is 11.6. The highest BCUT2D eigenvalue weighted by Crippen LogP contribution is 2.26. The van der Waals surface area contributed by atoms with Gasteiger partial charge in [-0.1, -0.05) is 12.8 Å². The molecular weight excluding hydrogens is 244 g/mol. The summed E-state index contributed by atoms with van der Waals surface area (Å²) in [6, 6.07) is 0.329. The standard InChI is InChI=1S/C14H24N2O3/c1-10-8-9-16(11-4-2-3-5-11)14(19)12(15-10)6-7-13(17)18/h10-12,15H,2-9H2,1H3,(H,17,18). The van der Waals surface area contributed by atoms with E-state index in [1.165, 1.54) is 12.8 Å². The number of carboxylic acid groups (broad SMARTS) is 1. The maximum Gasteiger partial charge on any atom is 0.303 e. The molecule has 1 heterocycles. The molecular formula is C14H24N2O3. The zero-order valence-electron chi connectivity index (χ0n) is 11.6. The monoisotopic (exact) mass is 268 g/mol. The predicted octanol–water partition coefficient (Wildman–Crippen LogP) is 1.37. The lowest BCUT2D eigenvalue weighted by Crippen LogP contribution is -2.48. The summed E-state index contributed by atoms with van der Waals surface area (Å²) >= 11 is 0. The van der Waals surface area contributed by atoms with Crippen molar-refractivity contribution in [3.63, 3.8) is 0 Å². The first-order valence-corrected chi connectivity index (χ1v) is 7.36. The minimum absolute atomic E-state index is 0.0502. The largest absolute Gasteiger partial charge is 0.481 e. The molecule has 108 valence electrons. The first-order chi connectivity index (χ1) is 9.08. The molecule has 1 saturated carbocycles. The van der Waals surface area contributed by atoms with Crippen LogP contribution >= 0.6 is 0 Å². The summed E-state index contributed by atoms with van der Waals surface area (Å²) in [5.74, 6) is -0.726. The Morgan fingerprint density at radius 2 is 2.05 bits per heavy atom. The van der Waals surface area contributed by atoms with Gasteiger partial charge >= 0.3 is 5.97 Å².